The molecular weight excluding hydrogens is 188 g/mol. The quantitative estimate of drug-likeness (QED) is 0.569. The Hall–Kier alpha value is -0.790. The molecule has 15 heavy (non-hydrogen) atoms. The molecular formula is C13H18O2. The minimum atomic E-state index is -0.0254. The summed E-state index contributed by atoms with van der Waals surface area (Å²) in [5.41, 5.74) is 1.97. The molecule has 0 spiro atoms. The van der Waals surface area contributed by atoms with Crippen molar-refractivity contribution in [1.82, 2.24) is 0 Å². The van der Waals surface area contributed by atoms with Crippen LogP contribution in [0.1, 0.15) is 46.0 Å². The highest BCUT2D eigenvalue weighted by Crippen LogP contribution is 2.65. The molecule has 1 heterocycles. The van der Waals surface area contributed by atoms with Gasteiger partial charge in [0, 0.05) is 12.8 Å². The van der Waals surface area contributed by atoms with Crippen LogP contribution in [-0.2, 0) is 9.53 Å². The van der Waals surface area contributed by atoms with E-state index < -0.39 is 0 Å². The number of esters is 1. The van der Waals surface area contributed by atoms with E-state index in [1.807, 2.05) is 0 Å². The van der Waals surface area contributed by atoms with Crippen LogP contribution in [-0.4, -0.2) is 5.97 Å². The Morgan fingerprint density at radius 1 is 1.33 bits per heavy atom. The number of carbonyl (C=O) groups excluding carboxylic acids is 1. The molecule has 0 aromatic heterocycles. The van der Waals surface area contributed by atoms with E-state index in [4.69, 9.17) is 4.74 Å². The summed E-state index contributed by atoms with van der Waals surface area (Å²) < 4.78 is 5.36. The van der Waals surface area contributed by atoms with E-state index in [-0.39, 0.29) is 5.97 Å². The first kappa shape index (κ1) is 9.44. The molecule has 0 aromatic carbocycles. The fourth-order valence-electron chi connectivity index (χ4n) is 3.48. The smallest absolute Gasteiger partial charge is 0.311 e. The molecule has 0 aromatic rings. The van der Waals surface area contributed by atoms with Gasteiger partial charge in [-0.2, -0.15) is 0 Å². The van der Waals surface area contributed by atoms with E-state index in [0.717, 1.165) is 30.4 Å². The van der Waals surface area contributed by atoms with E-state index in [9.17, 15) is 4.79 Å². The van der Waals surface area contributed by atoms with Gasteiger partial charge in [0.1, 0.15) is 5.76 Å². The molecule has 0 bridgehead atoms. The van der Waals surface area contributed by atoms with Crippen LogP contribution in [0.3, 0.4) is 0 Å². The van der Waals surface area contributed by atoms with Crippen molar-refractivity contribution in [2.75, 3.05) is 0 Å². The minimum Gasteiger partial charge on any atom is -0.431 e. The van der Waals surface area contributed by atoms with Crippen LogP contribution in [0.4, 0.5) is 0 Å². The first-order chi connectivity index (χ1) is 7.11. The van der Waals surface area contributed by atoms with E-state index in [0.29, 0.717) is 11.8 Å². The standard InChI is InChI=1S/C13H18O2/c1-8-10-7-9-3-4-12(14)15-11(9)5-6-13(8,10)2/h8,10H,3-7H2,1-2H3/t8-,10-,13+/m0/s1. The van der Waals surface area contributed by atoms with Crippen molar-refractivity contribution in [1.29, 1.82) is 0 Å². The van der Waals surface area contributed by atoms with Crippen LogP contribution < -0.4 is 0 Å². The lowest BCUT2D eigenvalue weighted by Gasteiger charge is -2.19. The summed E-state index contributed by atoms with van der Waals surface area (Å²) in [5, 5.41) is 0. The zero-order chi connectivity index (χ0) is 10.6. The van der Waals surface area contributed by atoms with Gasteiger partial charge in [0.25, 0.3) is 0 Å². The summed E-state index contributed by atoms with van der Waals surface area (Å²) in [6, 6.07) is 0. The molecule has 3 aliphatic rings. The van der Waals surface area contributed by atoms with Crippen molar-refractivity contribution in [2.45, 2.75) is 46.0 Å². The highest BCUT2D eigenvalue weighted by Gasteiger charge is 2.58. The largest absolute Gasteiger partial charge is 0.431 e. The molecule has 0 amide bonds. The number of hydrogen-bond acceptors (Lipinski definition) is 2. The first-order valence-corrected chi connectivity index (χ1v) is 6.03. The monoisotopic (exact) mass is 206 g/mol. The Kier molecular flexibility index (Phi) is 1.80. The molecule has 2 nitrogen and oxygen atoms in total. The molecule has 0 N–H and O–H groups in total. The van der Waals surface area contributed by atoms with Crippen molar-refractivity contribution in [2.24, 2.45) is 17.3 Å². The fourth-order valence-corrected chi connectivity index (χ4v) is 3.48. The second-order valence-corrected chi connectivity index (χ2v) is 5.61. The van der Waals surface area contributed by atoms with Gasteiger partial charge in [-0.1, -0.05) is 13.8 Å². The van der Waals surface area contributed by atoms with Crippen LogP contribution in [0.15, 0.2) is 11.3 Å². The van der Waals surface area contributed by atoms with Crippen LogP contribution >= 0.6 is 0 Å². The predicted molar refractivity (Wildman–Crippen MR) is 57.0 cm³/mol. The number of allylic oxidation sites excluding steroid dienone is 2. The molecule has 1 fully saturated rings. The highest BCUT2D eigenvalue weighted by atomic mass is 16.5. The van der Waals surface area contributed by atoms with Gasteiger partial charge in [-0.05, 0) is 42.1 Å². The highest BCUT2D eigenvalue weighted by molar-refractivity contribution is 5.72. The van der Waals surface area contributed by atoms with Gasteiger partial charge < -0.3 is 4.74 Å². The van der Waals surface area contributed by atoms with Gasteiger partial charge >= 0.3 is 5.97 Å². The summed E-state index contributed by atoms with van der Waals surface area (Å²) in [4.78, 5) is 11.2. The molecule has 2 aliphatic carbocycles. The maximum absolute atomic E-state index is 11.2. The molecule has 3 atom stereocenters. The van der Waals surface area contributed by atoms with Crippen LogP contribution in [0.5, 0.6) is 0 Å². The number of fused-ring (bicyclic) bond motifs is 1. The van der Waals surface area contributed by atoms with E-state index in [2.05, 4.69) is 13.8 Å². The van der Waals surface area contributed by atoms with Crippen molar-refractivity contribution >= 4 is 5.97 Å². The van der Waals surface area contributed by atoms with Crippen molar-refractivity contribution in [3.8, 4) is 0 Å². The summed E-state index contributed by atoms with van der Waals surface area (Å²) in [6.07, 6.45) is 4.91. The number of rotatable bonds is 0. The molecule has 3 rings (SSSR count). The lowest BCUT2D eigenvalue weighted by atomic mass is 9.99. The number of hydrogen-bond donors (Lipinski definition) is 0. The Morgan fingerprint density at radius 2 is 2.13 bits per heavy atom. The van der Waals surface area contributed by atoms with Gasteiger partial charge in [0.2, 0.25) is 0 Å². The zero-order valence-corrected chi connectivity index (χ0v) is 9.51. The molecule has 82 valence electrons. The molecule has 0 unspecified atom stereocenters. The zero-order valence-electron chi connectivity index (χ0n) is 9.51. The lowest BCUT2D eigenvalue weighted by Crippen LogP contribution is -2.13. The van der Waals surface area contributed by atoms with Gasteiger partial charge in [-0.3, -0.25) is 4.79 Å². The van der Waals surface area contributed by atoms with E-state index in [1.165, 1.54) is 18.4 Å². The Labute approximate surface area is 90.7 Å². The van der Waals surface area contributed by atoms with Gasteiger partial charge in [0.15, 0.2) is 0 Å². The third-order valence-corrected chi connectivity index (χ3v) is 5.00. The third kappa shape index (κ3) is 1.27. The maximum Gasteiger partial charge on any atom is 0.311 e. The van der Waals surface area contributed by atoms with Crippen molar-refractivity contribution in [3.63, 3.8) is 0 Å². The predicted octanol–water partition coefficient (Wildman–Crippen LogP) is 3.03. The minimum absolute atomic E-state index is 0.0254. The summed E-state index contributed by atoms with van der Waals surface area (Å²) in [6.45, 7) is 4.76. The van der Waals surface area contributed by atoms with E-state index >= 15 is 0 Å². The van der Waals surface area contributed by atoms with Crippen molar-refractivity contribution < 1.29 is 9.53 Å². The Morgan fingerprint density at radius 3 is 2.93 bits per heavy atom. The van der Waals surface area contributed by atoms with Crippen LogP contribution in [0.25, 0.3) is 0 Å². The number of carbonyl (C=O) groups is 1. The van der Waals surface area contributed by atoms with Crippen LogP contribution in [0, 0.1) is 17.3 Å². The normalized spacial score (nSPS) is 44.0. The molecule has 0 saturated heterocycles. The Bertz CT molecular complexity index is 356. The first-order valence-electron chi connectivity index (χ1n) is 6.03. The fraction of sp³-hybridized carbons (Fsp3) is 0.769. The molecule has 1 saturated carbocycles. The summed E-state index contributed by atoms with van der Waals surface area (Å²) >= 11 is 0. The van der Waals surface area contributed by atoms with Gasteiger partial charge in [-0.15, -0.1) is 0 Å². The topological polar surface area (TPSA) is 26.3 Å². The van der Waals surface area contributed by atoms with Crippen molar-refractivity contribution in [3.05, 3.63) is 11.3 Å². The molecule has 0 radical (unpaired) electrons. The average molecular weight is 206 g/mol. The maximum atomic E-state index is 11.2. The molecule has 2 heteroatoms. The summed E-state index contributed by atoms with van der Waals surface area (Å²) in [7, 11) is 0. The second-order valence-electron chi connectivity index (χ2n) is 5.61. The Balaban J connectivity index is 1.85. The lowest BCUT2D eigenvalue weighted by molar-refractivity contribution is -0.141. The molecule has 1 aliphatic heterocycles. The van der Waals surface area contributed by atoms with Gasteiger partial charge in [-0.25, -0.2) is 0 Å². The van der Waals surface area contributed by atoms with Crippen LogP contribution in [0.2, 0.25) is 0 Å². The second kappa shape index (κ2) is 2.87. The van der Waals surface area contributed by atoms with Gasteiger partial charge in [0.05, 0.1) is 0 Å². The SMILES string of the molecule is C[C@H]1[C@@H]2CC3=C(CC[C@]12C)OC(=O)CC3. The third-order valence-electron chi connectivity index (χ3n) is 5.00. The number of ether oxygens (including phenoxy) is 1. The average Bonchev–Trinajstić information content (AvgIpc) is 2.76. The van der Waals surface area contributed by atoms with E-state index in [1.54, 1.807) is 0 Å². The summed E-state index contributed by atoms with van der Waals surface area (Å²) in [5.74, 6) is 2.71.